The van der Waals surface area contributed by atoms with Crippen LogP contribution in [-0.4, -0.2) is 19.7 Å². The molecule has 4 aromatic rings. The average molecular weight is 391 g/mol. The van der Waals surface area contributed by atoms with E-state index in [4.69, 9.17) is 0 Å². The number of fused-ring (bicyclic) bond motifs is 1. The summed E-state index contributed by atoms with van der Waals surface area (Å²) in [5, 5.41) is 10.2. The van der Waals surface area contributed by atoms with Gasteiger partial charge in [-0.2, -0.15) is 0 Å². The second-order valence-corrected chi connectivity index (χ2v) is 8.13. The minimum absolute atomic E-state index is 0.0504. The van der Waals surface area contributed by atoms with Gasteiger partial charge in [-0.1, -0.05) is 47.7 Å². The summed E-state index contributed by atoms with van der Waals surface area (Å²) in [6.07, 6.45) is 0. The van der Waals surface area contributed by atoms with E-state index in [2.05, 4.69) is 52.4 Å². The van der Waals surface area contributed by atoms with Gasteiger partial charge in [-0.3, -0.25) is 4.79 Å². The van der Waals surface area contributed by atoms with Gasteiger partial charge in [-0.25, -0.2) is 0 Å². The fourth-order valence-corrected chi connectivity index (χ4v) is 4.19. The molecule has 2 aromatic heterocycles. The van der Waals surface area contributed by atoms with Gasteiger partial charge in [0.25, 0.3) is 0 Å². The van der Waals surface area contributed by atoms with Crippen molar-refractivity contribution in [3.8, 4) is 11.4 Å². The average Bonchev–Trinajstić information content (AvgIpc) is 3.02. The molecular weight excluding hydrogens is 368 g/mol. The van der Waals surface area contributed by atoms with Gasteiger partial charge in [0.1, 0.15) is 0 Å². The molecule has 0 radical (unpaired) electrons. The van der Waals surface area contributed by atoms with Crippen molar-refractivity contribution in [2.45, 2.75) is 31.7 Å². The second-order valence-electron chi connectivity index (χ2n) is 7.18. The van der Waals surface area contributed by atoms with Gasteiger partial charge in [-0.05, 0) is 38.0 Å². The Kier molecular flexibility index (Phi) is 4.81. The summed E-state index contributed by atoms with van der Waals surface area (Å²) in [7, 11) is 1.97. The minimum Gasteiger partial charge on any atom is -0.357 e. The summed E-state index contributed by atoms with van der Waals surface area (Å²) in [6, 6.07) is 14.0. The Morgan fingerprint density at radius 3 is 2.50 bits per heavy atom. The predicted octanol–water partition coefficient (Wildman–Crippen LogP) is 4.54. The lowest BCUT2D eigenvalue weighted by Crippen LogP contribution is -2.06. The molecule has 0 fully saturated rings. The maximum atomic E-state index is 12.5. The third-order valence-electron chi connectivity index (χ3n) is 4.84. The smallest absolute Gasteiger partial charge is 0.191 e. The van der Waals surface area contributed by atoms with Crippen LogP contribution < -0.4 is 5.43 Å². The summed E-state index contributed by atoms with van der Waals surface area (Å²) in [6.45, 7) is 6.10. The largest absolute Gasteiger partial charge is 0.357 e. The highest BCUT2D eigenvalue weighted by Gasteiger charge is 2.12. The Morgan fingerprint density at radius 1 is 1.00 bits per heavy atom. The fourth-order valence-electron chi connectivity index (χ4n) is 3.38. The van der Waals surface area contributed by atoms with Crippen molar-refractivity contribution < 1.29 is 0 Å². The van der Waals surface area contributed by atoms with Crippen LogP contribution in [0.5, 0.6) is 0 Å². The van der Waals surface area contributed by atoms with E-state index in [1.54, 1.807) is 17.8 Å². The van der Waals surface area contributed by atoms with E-state index in [9.17, 15) is 4.79 Å². The number of nitrogens with one attached hydrogen (secondary N) is 1. The number of hydrogen-bond donors (Lipinski definition) is 1. The molecule has 5 nitrogen and oxygen atoms in total. The highest BCUT2D eigenvalue weighted by Crippen LogP contribution is 2.25. The number of benzene rings is 2. The van der Waals surface area contributed by atoms with Crippen LogP contribution >= 0.6 is 11.8 Å². The summed E-state index contributed by atoms with van der Waals surface area (Å²) in [5.41, 5.74) is 6.28. The Hall–Kier alpha value is -2.86. The van der Waals surface area contributed by atoms with Gasteiger partial charge in [0.15, 0.2) is 16.4 Å². The van der Waals surface area contributed by atoms with Crippen molar-refractivity contribution in [3.63, 3.8) is 0 Å². The highest BCUT2D eigenvalue weighted by molar-refractivity contribution is 7.98. The molecule has 0 unspecified atom stereocenters. The molecule has 0 amide bonds. The van der Waals surface area contributed by atoms with Crippen LogP contribution in [0.15, 0.2) is 52.4 Å². The van der Waals surface area contributed by atoms with E-state index in [0.717, 1.165) is 44.3 Å². The van der Waals surface area contributed by atoms with Crippen molar-refractivity contribution in [2.24, 2.45) is 7.05 Å². The lowest BCUT2D eigenvalue weighted by Gasteiger charge is -2.08. The number of H-pyrrole nitrogens is 1. The number of aromatic amines is 1. The summed E-state index contributed by atoms with van der Waals surface area (Å²) < 4.78 is 1.99. The Morgan fingerprint density at radius 2 is 1.75 bits per heavy atom. The molecule has 0 aliphatic carbocycles. The summed E-state index contributed by atoms with van der Waals surface area (Å²) in [4.78, 5) is 16.0. The zero-order valence-corrected chi connectivity index (χ0v) is 17.2. The van der Waals surface area contributed by atoms with Crippen LogP contribution in [0.3, 0.4) is 0 Å². The van der Waals surface area contributed by atoms with E-state index in [1.165, 1.54) is 5.56 Å². The Labute approximate surface area is 167 Å². The SMILES string of the molecule is Cc1ccc(-c2nnc(SCc3cc(=O)c4cc(C)cc(C)c4[nH]3)n2C)cc1. The molecule has 0 atom stereocenters. The molecule has 0 aliphatic rings. The molecule has 6 heteroatoms. The summed E-state index contributed by atoms with van der Waals surface area (Å²) in [5.74, 6) is 1.46. The number of rotatable bonds is 4. The van der Waals surface area contributed by atoms with E-state index < -0.39 is 0 Å². The standard InChI is InChI=1S/C22H22N4OS/c1-13-5-7-16(8-6-13)21-24-25-22(26(21)4)28-12-17-11-19(27)18-10-14(2)9-15(3)20(18)23-17/h5-11H,12H2,1-4H3,(H,23,27). The first kappa shape index (κ1) is 18.5. The van der Waals surface area contributed by atoms with Crippen molar-refractivity contribution in [3.05, 3.63) is 75.1 Å². The zero-order valence-electron chi connectivity index (χ0n) is 16.4. The molecule has 2 heterocycles. The number of hydrogen-bond acceptors (Lipinski definition) is 4. The topological polar surface area (TPSA) is 63.6 Å². The predicted molar refractivity (Wildman–Crippen MR) is 115 cm³/mol. The molecule has 0 aliphatic heterocycles. The van der Waals surface area contributed by atoms with Gasteiger partial charge in [0.2, 0.25) is 0 Å². The molecule has 28 heavy (non-hydrogen) atoms. The van der Waals surface area contributed by atoms with Crippen LogP contribution in [-0.2, 0) is 12.8 Å². The first-order chi connectivity index (χ1) is 13.4. The Balaban J connectivity index is 1.60. The molecule has 0 saturated heterocycles. The van der Waals surface area contributed by atoms with Gasteiger partial charge < -0.3 is 9.55 Å². The monoisotopic (exact) mass is 390 g/mol. The lowest BCUT2D eigenvalue weighted by atomic mass is 10.1. The maximum absolute atomic E-state index is 12.5. The van der Waals surface area contributed by atoms with E-state index in [-0.39, 0.29) is 5.43 Å². The van der Waals surface area contributed by atoms with Gasteiger partial charge >= 0.3 is 0 Å². The molecule has 142 valence electrons. The van der Waals surface area contributed by atoms with E-state index in [1.807, 2.05) is 31.5 Å². The van der Waals surface area contributed by atoms with Crippen LogP contribution in [0.2, 0.25) is 0 Å². The van der Waals surface area contributed by atoms with Crippen molar-refractivity contribution in [1.29, 1.82) is 0 Å². The number of thioether (sulfide) groups is 1. The number of aromatic nitrogens is 4. The second kappa shape index (κ2) is 7.28. The number of aryl methyl sites for hydroxylation is 3. The van der Waals surface area contributed by atoms with Crippen LogP contribution in [0, 0.1) is 20.8 Å². The van der Waals surface area contributed by atoms with Gasteiger partial charge in [0, 0.05) is 35.5 Å². The molecule has 0 bridgehead atoms. The maximum Gasteiger partial charge on any atom is 0.191 e. The minimum atomic E-state index is 0.0504. The van der Waals surface area contributed by atoms with E-state index >= 15 is 0 Å². The first-order valence-corrected chi connectivity index (χ1v) is 10.1. The van der Waals surface area contributed by atoms with Crippen molar-refractivity contribution in [1.82, 2.24) is 19.7 Å². The quantitative estimate of drug-likeness (QED) is 0.520. The van der Waals surface area contributed by atoms with E-state index in [0.29, 0.717) is 5.75 Å². The molecule has 2 aromatic carbocycles. The van der Waals surface area contributed by atoms with Crippen LogP contribution in [0.25, 0.3) is 22.3 Å². The third-order valence-corrected chi connectivity index (χ3v) is 5.91. The third kappa shape index (κ3) is 3.47. The Bertz CT molecular complexity index is 1220. The number of pyridine rings is 1. The normalized spacial score (nSPS) is 11.3. The highest BCUT2D eigenvalue weighted by atomic mass is 32.2. The van der Waals surface area contributed by atoms with Gasteiger partial charge in [0.05, 0.1) is 5.52 Å². The lowest BCUT2D eigenvalue weighted by molar-refractivity contribution is 0.793. The molecule has 0 saturated carbocycles. The van der Waals surface area contributed by atoms with Crippen molar-refractivity contribution >= 4 is 22.7 Å². The first-order valence-electron chi connectivity index (χ1n) is 9.15. The zero-order chi connectivity index (χ0) is 19.8. The molecular formula is C22H22N4OS. The molecule has 1 N–H and O–H groups in total. The van der Waals surface area contributed by atoms with Gasteiger partial charge in [-0.15, -0.1) is 10.2 Å². The fraction of sp³-hybridized carbons (Fsp3) is 0.227. The van der Waals surface area contributed by atoms with Crippen LogP contribution in [0.1, 0.15) is 22.4 Å². The molecule has 0 spiro atoms. The molecule has 4 rings (SSSR count). The summed E-state index contributed by atoms with van der Waals surface area (Å²) >= 11 is 1.56. The van der Waals surface area contributed by atoms with Crippen molar-refractivity contribution in [2.75, 3.05) is 0 Å². The van der Waals surface area contributed by atoms with Crippen LogP contribution in [0.4, 0.5) is 0 Å². The number of nitrogens with zero attached hydrogens (tertiary/aromatic N) is 3.